The molecule has 0 amide bonds. The van der Waals surface area contributed by atoms with Gasteiger partial charge in [-0.25, -0.2) is 4.98 Å². The van der Waals surface area contributed by atoms with Gasteiger partial charge in [0, 0.05) is 38.1 Å². The molecule has 1 aliphatic heterocycles. The summed E-state index contributed by atoms with van der Waals surface area (Å²) in [5.41, 5.74) is 7.93. The molecular formula is C16H18N4S. The SMILES string of the molecule is NC(=S)c1cccnc1N1CCN(c2ccccc2)CC1. The summed E-state index contributed by atoms with van der Waals surface area (Å²) in [5, 5.41) is 0. The maximum atomic E-state index is 5.79. The molecule has 0 radical (unpaired) electrons. The van der Waals surface area contributed by atoms with Gasteiger partial charge in [0.05, 0.1) is 5.56 Å². The Kier molecular flexibility index (Phi) is 4.01. The zero-order chi connectivity index (χ0) is 14.7. The number of hydrogen-bond acceptors (Lipinski definition) is 4. The second kappa shape index (κ2) is 6.10. The molecule has 1 fully saturated rings. The van der Waals surface area contributed by atoms with E-state index in [4.69, 9.17) is 18.0 Å². The molecule has 0 unspecified atom stereocenters. The molecule has 0 saturated carbocycles. The lowest BCUT2D eigenvalue weighted by Gasteiger charge is -2.37. The van der Waals surface area contributed by atoms with Gasteiger partial charge in [0.1, 0.15) is 10.8 Å². The third-order valence-corrected chi connectivity index (χ3v) is 3.97. The van der Waals surface area contributed by atoms with Crippen molar-refractivity contribution < 1.29 is 0 Å². The lowest BCUT2D eigenvalue weighted by molar-refractivity contribution is 0.647. The number of benzene rings is 1. The van der Waals surface area contributed by atoms with Gasteiger partial charge in [-0.2, -0.15) is 0 Å². The highest BCUT2D eigenvalue weighted by Gasteiger charge is 2.20. The number of anilines is 2. The van der Waals surface area contributed by atoms with E-state index < -0.39 is 0 Å². The zero-order valence-corrected chi connectivity index (χ0v) is 12.6. The summed E-state index contributed by atoms with van der Waals surface area (Å²) in [6, 6.07) is 14.3. The molecule has 2 heterocycles. The van der Waals surface area contributed by atoms with Gasteiger partial charge in [-0.15, -0.1) is 0 Å². The lowest BCUT2D eigenvalue weighted by atomic mass is 10.2. The molecule has 108 valence electrons. The normalized spacial score (nSPS) is 15.0. The van der Waals surface area contributed by atoms with Gasteiger partial charge in [-0.1, -0.05) is 30.4 Å². The Bertz CT molecular complexity index is 621. The van der Waals surface area contributed by atoms with Gasteiger partial charge in [0.25, 0.3) is 0 Å². The van der Waals surface area contributed by atoms with Crippen LogP contribution in [-0.4, -0.2) is 36.2 Å². The first-order valence-corrected chi connectivity index (χ1v) is 7.46. The highest BCUT2D eigenvalue weighted by molar-refractivity contribution is 7.80. The summed E-state index contributed by atoms with van der Waals surface area (Å²) in [4.78, 5) is 9.51. The number of para-hydroxylation sites is 1. The Morgan fingerprint density at radius 2 is 1.62 bits per heavy atom. The van der Waals surface area contributed by atoms with Crippen LogP contribution in [0.3, 0.4) is 0 Å². The van der Waals surface area contributed by atoms with Crippen LogP contribution in [0.2, 0.25) is 0 Å². The van der Waals surface area contributed by atoms with E-state index in [2.05, 4.69) is 39.0 Å². The van der Waals surface area contributed by atoms with E-state index in [0.717, 1.165) is 37.6 Å². The molecule has 1 aromatic heterocycles. The number of rotatable bonds is 3. The molecule has 4 nitrogen and oxygen atoms in total. The Labute approximate surface area is 130 Å². The summed E-state index contributed by atoms with van der Waals surface area (Å²) < 4.78 is 0. The molecule has 0 aliphatic carbocycles. The number of thiocarbonyl (C=S) groups is 1. The van der Waals surface area contributed by atoms with Crippen molar-refractivity contribution >= 4 is 28.7 Å². The van der Waals surface area contributed by atoms with Crippen LogP contribution in [0, 0.1) is 0 Å². The summed E-state index contributed by atoms with van der Waals surface area (Å²) >= 11 is 5.12. The Balaban J connectivity index is 1.73. The van der Waals surface area contributed by atoms with Crippen molar-refractivity contribution in [3.05, 3.63) is 54.2 Å². The maximum Gasteiger partial charge on any atom is 0.138 e. The third kappa shape index (κ3) is 2.97. The van der Waals surface area contributed by atoms with Crippen LogP contribution in [-0.2, 0) is 0 Å². The van der Waals surface area contributed by atoms with E-state index in [9.17, 15) is 0 Å². The van der Waals surface area contributed by atoms with Crippen molar-refractivity contribution in [1.29, 1.82) is 0 Å². The average molecular weight is 298 g/mol. The minimum atomic E-state index is 0.406. The van der Waals surface area contributed by atoms with Crippen LogP contribution in [0.1, 0.15) is 5.56 Å². The molecule has 1 saturated heterocycles. The first kappa shape index (κ1) is 13.8. The van der Waals surface area contributed by atoms with Crippen LogP contribution in [0.5, 0.6) is 0 Å². The minimum absolute atomic E-state index is 0.406. The molecule has 2 N–H and O–H groups in total. The van der Waals surface area contributed by atoms with E-state index in [-0.39, 0.29) is 0 Å². The van der Waals surface area contributed by atoms with Gasteiger partial charge in [0.2, 0.25) is 0 Å². The van der Waals surface area contributed by atoms with Gasteiger partial charge in [0.15, 0.2) is 0 Å². The van der Waals surface area contributed by atoms with Crippen molar-refractivity contribution in [3.8, 4) is 0 Å². The molecule has 2 aromatic rings. The van der Waals surface area contributed by atoms with Crippen molar-refractivity contribution in [1.82, 2.24) is 4.98 Å². The molecule has 3 rings (SSSR count). The second-order valence-electron chi connectivity index (χ2n) is 5.05. The summed E-state index contributed by atoms with van der Waals surface area (Å²) in [7, 11) is 0. The summed E-state index contributed by atoms with van der Waals surface area (Å²) in [5.74, 6) is 0.901. The fraction of sp³-hybridized carbons (Fsp3) is 0.250. The van der Waals surface area contributed by atoms with Crippen molar-refractivity contribution in [2.45, 2.75) is 0 Å². The Morgan fingerprint density at radius 1 is 0.952 bits per heavy atom. The number of piperazine rings is 1. The van der Waals surface area contributed by atoms with Crippen molar-refractivity contribution in [2.75, 3.05) is 36.0 Å². The van der Waals surface area contributed by atoms with Crippen molar-refractivity contribution in [3.63, 3.8) is 0 Å². The lowest BCUT2D eigenvalue weighted by Crippen LogP contribution is -2.47. The van der Waals surface area contributed by atoms with Crippen molar-refractivity contribution in [2.24, 2.45) is 5.73 Å². The van der Waals surface area contributed by atoms with E-state index in [0.29, 0.717) is 4.99 Å². The molecule has 1 aliphatic rings. The quantitative estimate of drug-likeness (QED) is 0.879. The molecule has 0 atom stereocenters. The molecule has 5 heteroatoms. The van der Waals surface area contributed by atoms with E-state index in [1.807, 2.05) is 18.2 Å². The predicted octanol–water partition coefficient (Wildman–Crippen LogP) is 2.04. The topological polar surface area (TPSA) is 45.4 Å². The Hall–Kier alpha value is -2.14. The molecule has 1 aromatic carbocycles. The van der Waals surface area contributed by atoms with Crippen LogP contribution in [0.4, 0.5) is 11.5 Å². The number of pyridine rings is 1. The van der Waals surface area contributed by atoms with Gasteiger partial charge in [-0.3, -0.25) is 0 Å². The molecule has 0 bridgehead atoms. The predicted molar refractivity (Wildman–Crippen MR) is 91.0 cm³/mol. The zero-order valence-electron chi connectivity index (χ0n) is 11.8. The largest absolute Gasteiger partial charge is 0.389 e. The van der Waals surface area contributed by atoms with Gasteiger partial charge >= 0.3 is 0 Å². The third-order valence-electron chi connectivity index (χ3n) is 3.75. The van der Waals surface area contributed by atoms with E-state index >= 15 is 0 Å². The second-order valence-corrected chi connectivity index (χ2v) is 5.49. The molecule has 21 heavy (non-hydrogen) atoms. The molecular weight excluding hydrogens is 280 g/mol. The number of aromatic nitrogens is 1. The Morgan fingerprint density at radius 3 is 2.29 bits per heavy atom. The van der Waals surface area contributed by atoms with Crippen LogP contribution < -0.4 is 15.5 Å². The van der Waals surface area contributed by atoms with E-state index in [1.165, 1.54) is 5.69 Å². The van der Waals surface area contributed by atoms with Gasteiger partial charge < -0.3 is 15.5 Å². The maximum absolute atomic E-state index is 5.79. The van der Waals surface area contributed by atoms with Crippen LogP contribution in [0.25, 0.3) is 0 Å². The smallest absolute Gasteiger partial charge is 0.138 e. The summed E-state index contributed by atoms with van der Waals surface area (Å²) in [6.07, 6.45) is 1.79. The van der Waals surface area contributed by atoms with Crippen LogP contribution in [0.15, 0.2) is 48.7 Å². The number of nitrogens with two attached hydrogens (primary N) is 1. The monoisotopic (exact) mass is 298 g/mol. The standard InChI is InChI=1S/C16H18N4S/c17-15(21)14-7-4-8-18-16(14)20-11-9-19(10-12-20)13-5-2-1-3-6-13/h1-8H,9-12H2,(H2,17,21). The first-order valence-electron chi connectivity index (χ1n) is 7.05. The minimum Gasteiger partial charge on any atom is -0.389 e. The highest BCUT2D eigenvalue weighted by Crippen LogP contribution is 2.21. The number of nitrogens with zero attached hydrogens (tertiary/aromatic N) is 3. The van der Waals surface area contributed by atoms with E-state index in [1.54, 1.807) is 6.20 Å². The average Bonchev–Trinajstić information content (AvgIpc) is 2.56. The summed E-state index contributed by atoms with van der Waals surface area (Å²) in [6.45, 7) is 3.78. The van der Waals surface area contributed by atoms with Crippen LogP contribution >= 0.6 is 12.2 Å². The molecule has 0 spiro atoms. The number of hydrogen-bond donors (Lipinski definition) is 1. The highest BCUT2D eigenvalue weighted by atomic mass is 32.1. The fourth-order valence-electron chi connectivity index (χ4n) is 2.66. The fourth-order valence-corrected chi connectivity index (χ4v) is 2.82. The van der Waals surface area contributed by atoms with Gasteiger partial charge in [-0.05, 0) is 24.3 Å². The first-order chi connectivity index (χ1) is 10.3.